The summed E-state index contributed by atoms with van der Waals surface area (Å²) in [5.41, 5.74) is 7.95. The second-order valence-electron chi connectivity index (χ2n) is 8.33. The number of benzene rings is 2. The van der Waals surface area contributed by atoms with Crippen molar-refractivity contribution in [3.05, 3.63) is 59.2 Å². The molecule has 0 bridgehead atoms. The summed E-state index contributed by atoms with van der Waals surface area (Å²) in [6.07, 6.45) is 15.2. The Morgan fingerprint density at radius 1 is 0.692 bits per heavy atom. The van der Waals surface area contributed by atoms with Crippen molar-refractivity contribution in [1.29, 1.82) is 0 Å². The van der Waals surface area contributed by atoms with E-state index >= 15 is 0 Å². The van der Waals surface area contributed by atoms with Crippen molar-refractivity contribution in [3.63, 3.8) is 0 Å². The molecule has 0 heterocycles. The van der Waals surface area contributed by atoms with E-state index in [0.717, 1.165) is 18.0 Å². The summed E-state index contributed by atoms with van der Waals surface area (Å²) in [7, 11) is 3.04. The van der Waals surface area contributed by atoms with Crippen molar-refractivity contribution < 1.29 is 0 Å². The molecule has 0 saturated heterocycles. The number of rotatable bonds is 4. The molecule has 0 aliphatic heterocycles. The molecule has 2 saturated carbocycles. The van der Waals surface area contributed by atoms with Gasteiger partial charge in [0.15, 0.2) is 0 Å². The van der Waals surface area contributed by atoms with E-state index in [0.29, 0.717) is 0 Å². The zero-order chi connectivity index (χ0) is 17.8. The van der Waals surface area contributed by atoms with Gasteiger partial charge in [0, 0.05) is 0 Å². The van der Waals surface area contributed by atoms with E-state index in [1.165, 1.54) is 75.3 Å². The van der Waals surface area contributed by atoms with Gasteiger partial charge in [-0.05, 0) is 71.5 Å². The minimum absolute atomic E-state index is 0.792. The molecule has 0 nitrogen and oxygen atoms in total. The van der Waals surface area contributed by atoms with Gasteiger partial charge in [-0.1, -0.05) is 81.0 Å². The molecule has 138 valence electrons. The minimum atomic E-state index is 0.792. The molecule has 2 aliphatic carbocycles. The van der Waals surface area contributed by atoms with Crippen LogP contribution in [0.25, 0.3) is 11.1 Å². The fourth-order valence-electron chi connectivity index (χ4n) is 5.43. The molecule has 1 unspecified atom stereocenters. The fraction of sp³-hybridized carbons (Fsp3) is 0.520. The molecule has 0 aromatic heterocycles. The molecule has 2 aliphatic rings. The van der Waals surface area contributed by atoms with Crippen LogP contribution >= 0.6 is 9.24 Å². The maximum absolute atomic E-state index is 3.04. The van der Waals surface area contributed by atoms with Crippen LogP contribution < -0.4 is 0 Å². The fourth-order valence-corrected chi connectivity index (χ4v) is 5.87. The molecule has 2 aromatic carbocycles. The van der Waals surface area contributed by atoms with Crippen LogP contribution in [0.4, 0.5) is 0 Å². The van der Waals surface area contributed by atoms with Crippen LogP contribution in [0, 0.1) is 0 Å². The third kappa shape index (κ3) is 3.77. The van der Waals surface area contributed by atoms with Gasteiger partial charge in [-0.2, -0.15) is 0 Å². The molecular formula is C25H33P. The summed E-state index contributed by atoms with van der Waals surface area (Å²) in [5.74, 6) is 1.60. The van der Waals surface area contributed by atoms with Gasteiger partial charge in [0.05, 0.1) is 0 Å². The van der Waals surface area contributed by atoms with E-state index in [2.05, 4.69) is 51.7 Å². The van der Waals surface area contributed by atoms with E-state index in [9.17, 15) is 0 Å². The highest BCUT2D eigenvalue weighted by molar-refractivity contribution is 7.15. The summed E-state index contributed by atoms with van der Waals surface area (Å²) < 4.78 is 0. The van der Waals surface area contributed by atoms with Crippen LogP contribution in [0.15, 0.2) is 42.5 Å². The predicted molar refractivity (Wildman–Crippen MR) is 117 cm³/mol. The van der Waals surface area contributed by atoms with Crippen molar-refractivity contribution in [2.75, 3.05) is 0 Å². The Morgan fingerprint density at radius 3 is 1.92 bits per heavy atom. The molecule has 0 amide bonds. The smallest absolute Gasteiger partial charge is 0.0119 e. The Hall–Kier alpha value is -1.13. The monoisotopic (exact) mass is 364 g/mol. The normalized spacial score (nSPS) is 19.6. The van der Waals surface area contributed by atoms with Crippen molar-refractivity contribution in [3.8, 4) is 11.1 Å². The summed E-state index contributed by atoms with van der Waals surface area (Å²) in [6, 6.07) is 16.0. The van der Waals surface area contributed by atoms with Gasteiger partial charge in [-0.25, -0.2) is 0 Å². The molecule has 0 radical (unpaired) electrons. The van der Waals surface area contributed by atoms with Crippen LogP contribution in [-0.4, -0.2) is 0 Å². The Balaban J connectivity index is 1.83. The highest BCUT2D eigenvalue weighted by Gasteiger charge is 2.27. The largest absolute Gasteiger partial charge is 0.133 e. The minimum Gasteiger partial charge on any atom is -0.133 e. The van der Waals surface area contributed by atoms with Crippen LogP contribution in [0.2, 0.25) is 0 Å². The lowest BCUT2D eigenvalue weighted by atomic mass is 9.73. The average molecular weight is 365 g/mol. The average Bonchev–Trinajstić information content (AvgIpc) is 2.74. The van der Waals surface area contributed by atoms with E-state index < -0.39 is 0 Å². The number of hydrogen-bond donors (Lipinski definition) is 0. The van der Waals surface area contributed by atoms with Crippen molar-refractivity contribution in [1.82, 2.24) is 0 Å². The molecule has 26 heavy (non-hydrogen) atoms. The predicted octanol–water partition coefficient (Wildman–Crippen LogP) is 7.82. The van der Waals surface area contributed by atoms with E-state index in [1.54, 1.807) is 16.7 Å². The van der Waals surface area contributed by atoms with Crippen molar-refractivity contribution in [2.45, 2.75) is 82.2 Å². The summed E-state index contributed by atoms with van der Waals surface area (Å²) >= 11 is 0. The molecule has 0 spiro atoms. The van der Waals surface area contributed by atoms with Crippen LogP contribution in [-0.2, 0) is 6.16 Å². The van der Waals surface area contributed by atoms with Crippen molar-refractivity contribution >= 4 is 9.24 Å². The zero-order valence-electron chi connectivity index (χ0n) is 16.1. The summed E-state index contributed by atoms with van der Waals surface area (Å²) in [6.45, 7) is 0. The third-order valence-electron chi connectivity index (χ3n) is 6.74. The number of hydrogen-bond acceptors (Lipinski definition) is 0. The first-order valence-electron chi connectivity index (χ1n) is 10.8. The highest BCUT2D eigenvalue weighted by atomic mass is 31.0. The van der Waals surface area contributed by atoms with Gasteiger partial charge in [0.1, 0.15) is 0 Å². The molecule has 4 rings (SSSR count). The molecule has 2 fully saturated rings. The lowest BCUT2D eigenvalue weighted by molar-refractivity contribution is 0.418. The van der Waals surface area contributed by atoms with Crippen LogP contribution in [0.5, 0.6) is 0 Å². The first-order chi connectivity index (χ1) is 12.9. The maximum atomic E-state index is 3.04. The van der Waals surface area contributed by atoms with Gasteiger partial charge in [0.2, 0.25) is 0 Å². The molecule has 1 heteroatoms. The zero-order valence-corrected chi connectivity index (χ0v) is 17.2. The van der Waals surface area contributed by atoms with Gasteiger partial charge in [-0.3, -0.25) is 0 Å². The first kappa shape index (κ1) is 18.2. The molecule has 1 atom stereocenters. The standard InChI is InChI=1S/C25H33P/c26-18-24-22(19-10-4-1-5-11-19)16-17-23(20-12-6-2-7-13-20)25(24)21-14-8-3-9-15-21/h1,4-5,10-11,16-17,20-21H,2-3,6-9,12-15,18,26H2. The SMILES string of the molecule is PCc1c(-c2ccccc2)ccc(C2CCCCC2)c1C1CCCCC1. The Labute approximate surface area is 162 Å². The third-order valence-corrected chi connectivity index (χ3v) is 7.15. The molecular weight excluding hydrogens is 331 g/mol. The van der Waals surface area contributed by atoms with Crippen LogP contribution in [0.1, 0.15) is 92.7 Å². The highest BCUT2D eigenvalue weighted by Crippen LogP contribution is 2.45. The Bertz CT molecular complexity index is 706. The maximum Gasteiger partial charge on any atom is -0.0119 e. The van der Waals surface area contributed by atoms with Gasteiger partial charge in [-0.15, -0.1) is 9.24 Å². The van der Waals surface area contributed by atoms with Gasteiger partial charge in [0.25, 0.3) is 0 Å². The Kier molecular flexibility index (Phi) is 6.11. The summed E-state index contributed by atoms with van der Waals surface area (Å²) in [4.78, 5) is 0. The lowest BCUT2D eigenvalue weighted by Crippen LogP contribution is -2.15. The summed E-state index contributed by atoms with van der Waals surface area (Å²) in [5, 5.41) is 0. The molecule has 2 aromatic rings. The van der Waals surface area contributed by atoms with Crippen LogP contribution in [0.3, 0.4) is 0 Å². The van der Waals surface area contributed by atoms with E-state index in [1.807, 2.05) is 0 Å². The Morgan fingerprint density at radius 2 is 1.31 bits per heavy atom. The molecule has 0 N–H and O–H groups in total. The second-order valence-corrected chi connectivity index (χ2v) is 8.74. The van der Waals surface area contributed by atoms with Gasteiger partial charge >= 0.3 is 0 Å². The first-order valence-corrected chi connectivity index (χ1v) is 11.6. The van der Waals surface area contributed by atoms with E-state index in [4.69, 9.17) is 0 Å². The second kappa shape index (κ2) is 8.71. The lowest BCUT2D eigenvalue weighted by Gasteiger charge is -2.32. The topological polar surface area (TPSA) is 0 Å². The van der Waals surface area contributed by atoms with Crippen molar-refractivity contribution in [2.24, 2.45) is 0 Å². The quantitative estimate of drug-likeness (QED) is 0.485. The van der Waals surface area contributed by atoms with Gasteiger partial charge < -0.3 is 0 Å². The van der Waals surface area contributed by atoms with E-state index in [-0.39, 0.29) is 0 Å².